The highest BCUT2D eigenvalue weighted by molar-refractivity contribution is 5.94. The Hall–Kier alpha value is -2.40. The van der Waals surface area contributed by atoms with E-state index >= 15 is 0 Å². The van der Waals surface area contributed by atoms with Gasteiger partial charge in [0, 0.05) is 43.5 Å². The molecular formula is C23H25FN2O2. The summed E-state index contributed by atoms with van der Waals surface area (Å²) < 4.78 is 19.0. The molecule has 1 saturated carbocycles. The average Bonchev–Trinajstić information content (AvgIpc) is 3.01. The Balaban J connectivity index is 1.21. The van der Waals surface area contributed by atoms with Crippen LogP contribution in [0.5, 0.6) is 0 Å². The van der Waals surface area contributed by atoms with Crippen molar-refractivity contribution in [3.05, 3.63) is 65.5 Å². The Kier molecular flexibility index (Phi) is 4.35. The maximum absolute atomic E-state index is 13.1. The normalized spacial score (nSPS) is 27.7. The molecule has 1 spiro atoms. The third-order valence-corrected chi connectivity index (χ3v) is 6.71. The lowest BCUT2D eigenvalue weighted by Gasteiger charge is -2.44. The Morgan fingerprint density at radius 3 is 2.32 bits per heavy atom. The van der Waals surface area contributed by atoms with Crippen LogP contribution in [0.25, 0.3) is 0 Å². The molecule has 146 valence electrons. The number of piperazine rings is 1. The number of nitrogens with zero attached hydrogens (tertiary/aromatic N) is 2. The molecule has 5 rings (SSSR count). The highest BCUT2D eigenvalue weighted by atomic mass is 19.1. The minimum absolute atomic E-state index is 0.165. The first-order valence-electron chi connectivity index (χ1n) is 10.2. The first kappa shape index (κ1) is 17.7. The first-order valence-corrected chi connectivity index (χ1v) is 10.2. The summed E-state index contributed by atoms with van der Waals surface area (Å²) in [6, 6.07) is 15.2. The number of rotatable bonds is 2. The third kappa shape index (κ3) is 2.98. The third-order valence-electron chi connectivity index (χ3n) is 6.71. The van der Waals surface area contributed by atoms with Crippen LogP contribution in [-0.4, -0.2) is 43.1 Å². The first-order chi connectivity index (χ1) is 13.6. The van der Waals surface area contributed by atoms with E-state index in [-0.39, 0.29) is 11.8 Å². The van der Waals surface area contributed by atoms with Crippen LogP contribution in [-0.2, 0) is 10.3 Å². The quantitative estimate of drug-likeness (QED) is 0.739. The van der Waals surface area contributed by atoms with Crippen LogP contribution in [0.4, 0.5) is 10.1 Å². The molecule has 2 aliphatic heterocycles. The average molecular weight is 380 g/mol. The van der Waals surface area contributed by atoms with Crippen LogP contribution in [0, 0.1) is 5.82 Å². The van der Waals surface area contributed by atoms with Gasteiger partial charge in [0.1, 0.15) is 11.4 Å². The summed E-state index contributed by atoms with van der Waals surface area (Å²) >= 11 is 0. The molecule has 0 amide bonds. The van der Waals surface area contributed by atoms with E-state index in [0.29, 0.717) is 6.04 Å². The van der Waals surface area contributed by atoms with Crippen LogP contribution in [0.15, 0.2) is 48.5 Å². The Bertz CT molecular complexity index is 866. The molecule has 2 fully saturated rings. The van der Waals surface area contributed by atoms with Crippen molar-refractivity contribution in [1.29, 1.82) is 0 Å². The van der Waals surface area contributed by atoms with Gasteiger partial charge in [-0.15, -0.1) is 0 Å². The van der Waals surface area contributed by atoms with Gasteiger partial charge in [-0.05, 0) is 56.0 Å². The Morgan fingerprint density at radius 2 is 1.61 bits per heavy atom. The summed E-state index contributed by atoms with van der Waals surface area (Å²) in [4.78, 5) is 17.2. The second kappa shape index (κ2) is 6.89. The number of fused-ring (bicyclic) bond motifs is 2. The lowest BCUT2D eigenvalue weighted by atomic mass is 9.77. The van der Waals surface area contributed by atoms with Gasteiger partial charge in [0.2, 0.25) is 0 Å². The molecule has 1 saturated heterocycles. The van der Waals surface area contributed by atoms with E-state index in [1.54, 1.807) is 0 Å². The fourth-order valence-corrected chi connectivity index (χ4v) is 5.15. The maximum atomic E-state index is 13.1. The molecule has 0 unspecified atom stereocenters. The zero-order valence-corrected chi connectivity index (χ0v) is 15.9. The lowest BCUT2D eigenvalue weighted by molar-refractivity contribution is -0.0424. The van der Waals surface area contributed by atoms with Gasteiger partial charge in [-0.1, -0.05) is 18.2 Å². The van der Waals surface area contributed by atoms with Gasteiger partial charge in [-0.3, -0.25) is 4.90 Å². The van der Waals surface area contributed by atoms with Gasteiger partial charge in [-0.25, -0.2) is 9.18 Å². The molecule has 1 aliphatic carbocycles. The fraction of sp³-hybridized carbons (Fsp3) is 0.435. The molecule has 0 aromatic heterocycles. The predicted octanol–water partition coefficient (Wildman–Crippen LogP) is 3.96. The van der Waals surface area contributed by atoms with Crippen LogP contribution in [0.3, 0.4) is 0 Å². The molecule has 0 N–H and O–H groups in total. The monoisotopic (exact) mass is 380 g/mol. The molecule has 2 aromatic rings. The molecule has 0 atom stereocenters. The van der Waals surface area contributed by atoms with Gasteiger partial charge < -0.3 is 9.64 Å². The number of anilines is 1. The molecule has 3 aliphatic rings. The minimum Gasteiger partial charge on any atom is -0.451 e. The number of carbonyl (C=O) groups is 1. The van der Waals surface area contributed by atoms with Crippen LogP contribution in [0.1, 0.15) is 41.6 Å². The summed E-state index contributed by atoms with van der Waals surface area (Å²) in [5.74, 6) is -0.352. The molecule has 5 heteroatoms. The van der Waals surface area contributed by atoms with Gasteiger partial charge in [0.25, 0.3) is 0 Å². The van der Waals surface area contributed by atoms with Crippen molar-refractivity contribution in [2.75, 3.05) is 31.1 Å². The van der Waals surface area contributed by atoms with Crippen molar-refractivity contribution >= 4 is 11.7 Å². The largest absolute Gasteiger partial charge is 0.451 e. The molecular weight excluding hydrogens is 355 g/mol. The minimum atomic E-state index is -0.403. The number of esters is 1. The Labute approximate surface area is 164 Å². The SMILES string of the molecule is O=C1OC2(CCC(N3CCN(c4ccc(F)cc4)CC3)CC2)c2ccccc21. The van der Waals surface area contributed by atoms with Gasteiger partial charge in [0.05, 0.1) is 5.56 Å². The summed E-state index contributed by atoms with van der Waals surface area (Å²) in [5.41, 5.74) is 2.52. The van der Waals surface area contributed by atoms with Gasteiger partial charge >= 0.3 is 5.97 Å². The summed E-state index contributed by atoms with van der Waals surface area (Å²) in [5, 5.41) is 0. The summed E-state index contributed by atoms with van der Waals surface area (Å²) in [6.45, 7) is 3.97. The van der Waals surface area contributed by atoms with Crippen molar-refractivity contribution in [3.8, 4) is 0 Å². The number of benzene rings is 2. The fourth-order valence-electron chi connectivity index (χ4n) is 5.15. The summed E-state index contributed by atoms with van der Waals surface area (Å²) in [7, 11) is 0. The molecule has 0 radical (unpaired) electrons. The number of halogens is 1. The number of ether oxygens (including phenoxy) is 1. The van der Waals surface area contributed by atoms with Crippen LogP contribution >= 0.6 is 0 Å². The van der Waals surface area contributed by atoms with Crippen LogP contribution < -0.4 is 4.90 Å². The molecule has 28 heavy (non-hydrogen) atoms. The zero-order chi connectivity index (χ0) is 19.1. The van der Waals surface area contributed by atoms with Gasteiger partial charge in [-0.2, -0.15) is 0 Å². The van der Waals surface area contributed by atoms with Crippen molar-refractivity contribution in [1.82, 2.24) is 4.90 Å². The highest BCUT2D eigenvalue weighted by Gasteiger charge is 2.48. The van der Waals surface area contributed by atoms with E-state index in [9.17, 15) is 9.18 Å². The number of carbonyl (C=O) groups excluding carboxylic acids is 1. The highest BCUT2D eigenvalue weighted by Crippen LogP contribution is 2.47. The van der Waals surface area contributed by atoms with E-state index in [0.717, 1.165) is 68.7 Å². The summed E-state index contributed by atoms with van der Waals surface area (Å²) in [6.07, 6.45) is 3.91. The number of hydrogen-bond acceptors (Lipinski definition) is 4. The van der Waals surface area contributed by atoms with E-state index in [1.165, 1.54) is 12.1 Å². The van der Waals surface area contributed by atoms with Crippen LogP contribution in [0.2, 0.25) is 0 Å². The van der Waals surface area contributed by atoms with E-state index in [2.05, 4.69) is 15.9 Å². The van der Waals surface area contributed by atoms with E-state index < -0.39 is 5.60 Å². The van der Waals surface area contributed by atoms with Crippen molar-refractivity contribution in [2.24, 2.45) is 0 Å². The molecule has 2 aromatic carbocycles. The predicted molar refractivity (Wildman–Crippen MR) is 106 cm³/mol. The molecule has 2 heterocycles. The topological polar surface area (TPSA) is 32.8 Å². The zero-order valence-electron chi connectivity index (χ0n) is 15.9. The second-order valence-corrected chi connectivity index (χ2v) is 8.16. The smallest absolute Gasteiger partial charge is 0.339 e. The van der Waals surface area contributed by atoms with Crippen molar-refractivity contribution in [2.45, 2.75) is 37.3 Å². The van der Waals surface area contributed by atoms with E-state index in [1.807, 2.05) is 30.3 Å². The van der Waals surface area contributed by atoms with Crippen molar-refractivity contribution in [3.63, 3.8) is 0 Å². The standard InChI is InChI=1S/C23H25FN2O2/c24-17-5-7-18(8-6-17)25-13-15-26(16-14-25)19-9-11-23(12-10-19)21-4-2-1-3-20(21)22(27)28-23/h1-8,19H,9-16H2. The van der Waals surface area contributed by atoms with E-state index in [4.69, 9.17) is 4.74 Å². The second-order valence-electron chi connectivity index (χ2n) is 8.16. The lowest BCUT2D eigenvalue weighted by Crippen LogP contribution is -2.52. The van der Waals surface area contributed by atoms with Crippen molar-refractivity contribution < 1.29 is 13.9 Å². The molecule has 0 bridgehead atoms. The maximum Gasteiger partial charge on any atom is 0.339 e. The van der Waals surface area contributed by atoms with Gasteiger partial charge in [0.15, 0.2) is 0 Å². The Morgan fingerprint density at radius 1 is 0.929 bits per heavy atom. The molecule has 4 nitrogen and oxygen atoms in total. The number of hydrogen-bond donors (Lipinski definition) is 0.